The highest BCUT2D eigenvalue weighted by Gasteiger charge is 2.31. The van der Waals surface area contributed by atoms with Gasteiger partial charge in [0.05, 0.1) is 0 Å². The van der Waals surface area contributed by atoms with Gasteiger partial charge in [-0.2, -0.15) is 0 Å². The SMILES string of the molecule is CCCn1ccnc1CC(NCC)C(C)(C)N(C)C. The lowest BCUT2D eigenvalue weighted by atomic mass is 9.90. The van der Waals surface area contributed by atoms with E-state index >= 15 is 0 Å². The summed E-state index contributed by atoms with van der Waals surface area (Å²) < 4.78 is 2.27. The van der Waals surface area contributed by atoms with Crippen LogP contribution >= 0.6 is 0 Å². The van der Waals surface area contributed by atoms with Gasteiger partial charge >= 0.3 is 0 Å². The van der Waals surface area contributed by atoms with E-state index in [1.807, 2.05) is 6.20 Å². The van der Waals surface area contributed by atoms with Crippen molar-refractivity contribution in [1.82, 2.24) is 19.8 Å². The van der Waals surface area contributed by atoms with Crippen molar-refractivity contribution in [2.75, 3.05) is 20.6 Å². The van der Waals surface area contributed by atoms with Crippen molar-refractivity contribution in [2.45, 2.75) is 58.7 Å². The Labute approximate surface area is 118 Å². The van der Waals surface area contributed by atoms with Gasteiger partial charge in [-0.25, -0.2) is 4.98 Å². The molecule has 4 nitrogen and oxygen atoms in total. The molecule has 0 saturated heterocycles. The zero-order valence-electron chi connectivity index (χ0n) is 13.4. The fourth-order valence-corrected chi connectivity index (χ4v) is 2.29. The molecule has 1 aromatic heterocycles. The van der Waals surface area contributed by atoms with Gasteiger partial charge in [-0.05, 0) is 40.9 Å². The van der Waals surface area contributed by atoms with Crippen LogP contribution in [0.4, 0.5) is 0 Å². The van der Waals surface area contributed by atoms with Crippen molar-refractivity contribution >= 4 is 0 Å². The molecule has 1 N–H and O–H groups in total. The molecule has 0 aliphatic carbocycles. The zero-order valence-corrected chi connectivity index (χ0v) is 13.4. The van der Waals surface area contributed by atoms with Gasteiger partial charge in [-0.15, -0.1) is 0 Å². The number of hydrogen-bond acceptors (Lipinski definition) is 3. The van der Waals surface area contributed by atoms with Gasteiger partial charge < -0.3 is 14.8 Å². The summed E-state index contributed by atoms with van der Waals surface area (Å²) in [5.41, 5.74) is 0.0962. The maximum absolute atomic E-state index is 4.53. The first-order valence-electron chi connectivity index (χ1n) is 7.34. The summed E-state index contributed by atoms with van der Waals surface area (Å²) in [4.78, 5) is 6.82. The normalized spacial score (nSPS) is 14.1. The molecule has 0 bridgehead atoms. The number of nitrogens with one attached hydrogen (secondary N) is 1. The average molecular weight is 266 g/mol. The van der Waals surface area contributed by atoms with Gasteiger partial charge in [-0.1, -0.05) is 13.8 Å². The summed E-state index contributed by atoms with van der Waals surface area (Å²) in [6, 6.07) is 0.394. The van der Waals surface area contributed by atoms with Crippen LogP contribution in [-0.2, 0) is 13.0 Å². The molecule has 0 saturated carbocycles. The minimum absolute atomic E-state index is 0.0962. The number of imidazole rings is 1. The molecular formula is C15H30N4. The fraction of sp³-hybridized carbons (Fsp3) is 0.800. The Balaban J connectivity index is 2.86. The van der Waals surface area contributed by atoms with Crippen molar-refractivity contribution in [1.29, 1.82) is 0 Å². The van der Waals surface area contributed by atoms with Crippen LogP contribution in [0.25, 0.3) is 0 Å². The second-order valence-electron chi connectivity index (χ2n) is 5.90. The van der Waals surface area contributed by atoms with E-state index in [-0.39, 0.29) is 5.54 Å². The van der Waals surface area contributed by atoms with Crippen LogP contribution in [-0.4, -0.2) is 46.7 Å². The second-order valence-corrected chi connectivity index (χ2v) is 5.90. The van der Waals surface area contributed by atoms with E-state index in [1.54, 1.807) is 0 Å². The lowest BCUT2D eigenvalue weighted by Gasteiger charge is -2.40. The third kappa shape index (κ3) is 4.05. The lowest BCUT2D eigenvalue weighted by Crippen LogP contribution is -2.56. The van der Waals surface area contributed by atoms with E-state index in [2.05, 4.69) is 67.8 Å². The molecular weight excluding hydrogens is 236 g/mol. The Morgan fingerprint density at radius 2 is 2.05 bits per heavy atom. The van der Waals surface area contributed by atoms with E-state index in [1.165, 1.54) is 5.82 Å². The highest BCUT2D eigenvalue weighted by Crippen LogP contribution is 2.19. The van der Waals surface area contributed by atoms with Gasteiger partial charge in [0.15, 0.2) is 0 Å². The predicted octanol–water partition coefficient (Wildman–Crippen LogP) is 2.15. The Kier molecular flexibility index (Phi) is 6.01. The Bertz CT molecular complexity index is 368. The second kappa shape index (κ2) is 7.06. The quantitative estimate of drug-likeness (QED) is 0.783. The fourth-order valence-electron chi connectivity index (χ4n) is 2.29. The minimum atomic E-state index is 0.0962. The molecule has 0 aliphatic heterocycles. The van der Waals surface area contributed by atoms with E-state index < -0.39 is 0 Å². The Hall–Kier alpha value is -0.870. The van der Waals surface area contributed by atoms with Crippen molar-refractivity contribution in [2.24, 2.45) is 0 Å². The van der Waals surface area contributed by atoms with E-state index in [9.17, 15) is 0 Å². The van der Waals surface area contributed by atoms with Crippen molar-refractivity contribution in [3.63, 3.8) is 0 Å². The van der Waals surface area contributed by atoms with Gasteiger partial charge in [0.25, 0.3) is 0 Å². The standard InChI is InChI=1S/C15H30N4/c1-7-10-19-11-9-17-14(19)12-13(16-8-2)15(3,4)18(5)6/h9,11,13,16H,7-8,10,12H2,1-6H3. The molecule has 110 valence electrons. The third-order valence-electron chi connectivity index (χ3n) is 4.11. The monoisotopic (exact) mass is 266 g/mol. The number of aromatic nitrogens is 2. The molecule has 1 heterocycles. The van der Waals surface area contributed by atoms with Crippen LogP contribution in [0, 0.1) is 0 Å². The molecule has 19 heavy (non-hydrogen) atoms. The molecule has 0 amide bonds. The summed E-state index contributed by atoms with van der Waals surface area (Å²) in [6.07, 6.45) is 6.11. The minimum Gasteiger partial charge on any atom is -0.335 e. The van der Waals surface area contributed by atoms with Crippen LogP contribution in [0.15, 0.2) is 12.4 Å². The van der Waals surface area contributed by atoms with Crippen LogP contribution in [0.1, 0.15) is 39.9 Å². The van der Waals surface area contributed by atoms with Crippen molar-refractivity contribution < 1.29 is 0 Å². The smallest absolute Gasteiger partial charge is 0.110 e. The van der Waals surface area contributed by atoms with Gasteiger partial charge in [0.1, 0.15) is 5.82 Å². The van der Waals surface area contributed by atoms with Gasteiger partial charge in [0, 0.05) is 36.9 Å². The first-order chi connectivity index (χ1) is 8.93. The molecule has 0 spiro atoms. The first kappa shape index (κ1) is 16.2. The van der Waals surface area contributed by atoms with Gasteiger partial charge in [0.2, 0.25) is 0 Å². The molecule has 0 fully saturated rings. The summed E-state index contributed by atoms with van der Waals surface area (Å²) in [7, 11) is 4.28. The molecule has 4 heteroatoms. The van der Waals surface area contributed by atoms with Crippen LogP contribution in [0.2, 0.25) is 0 Å². The molecule has 1 unspecified atom stereocenters. The summed E-state index contributed by atoms with van der Waals surface area (Å²) in [6.45, 7) is 11.0. The number of hydrogen-bond donors (Lipinski definition) is 1. The molecule has 1 aromatic rings. The maximum atomic E-state index is 4.53. The average Bonchev–Trinajstić information content (AvgIpc) is 2.76. The lowest BCUT2D eigenvalue weighted by molar-refractivity contribution is 0.136. The van der Waals surface area contributed by atoms with Crippen LogP contribution < -0.4 is 5.32 Å². The molecule has 1 rings (SSSR count). The summed E-state index contributed by atoms with van der Waals surface area (Å²) in [5, 5.41) is 3.62. The Morgan fingerprint density at radius 1 is 1.37 bits per heavy atom. The van der Waals surface area contributed by atoms with Crippen molar-refractivity contribution in [3.8, 4) is 0 Å². The molecule has 0 aromatic carbocycles. The highest BCUT2D eigenvalue weighted by atomic mass is 15.2. The molecule has 0 radical (unpaired) electrons. The first-order valence-corrected chi connectivity index (χ1v) is 7.34. The predicted molar refractivity (Wildman–Crippen MR) is 81.5 cm³/mol. The van der Waals surface area contributed by atoms with E-state index in [0.29, 0.717) is 6.04 Å². The largest absolute Gasteiger partial charge is 0.335 e. The summed E-state index contributed by atoms with van der Waals surface area (Å²) in [5.74, 6) is 1.18. The van der Waals surface area contributed by atoms with E-state index in [4.69, 9.17) is 0 Å². The van der Waals surface area contributed by atoms with Gasteiger partial charge in [-0.3, -0.25) is 0 Å². The number of rotatable bonds is 8. The summed E-state index contributed by atoms with van der Waals surface area (Å²) >= 11 is 0. The Morgan fingerprint density at radius 3 is 2.58 bits per heavy atom. The topological polar surface area (TPSA) is 33.1 Å². The maximum Gasteiger partial charge on any atom is 0.110 e. The van der Waals surface area contributed by atoms with Crippen LogP contribution in [0.5, 0.6) is 0 Å². The number of likely N-dealkylation sites (N-methyl/N-ethyl adjacent to an activating group) is 2. The highest BCUT2D eigenvalue weighted by molar-refractivity contribution is 5.02. The van der Waals surface area contributed by atoms with E-state index in [0.717, 1.165) is 25.9 Å². The number of aryl methyl sites for hydroxylation is 1. The molecule has 0 aliphatic rings. The van der Waals surface area contributed by atoms with Crippen molar-refractivity contribution in [3.05, 3.63) is 18.2 Å². The van der Waals surface area contributed by atoms with Crippen LogP contribution in [0.3, 0.4) is 0 Å². The number of nitrogens with zero attached hydrogens (tertiary/aromatic N) is 3. The zero-order chi connectivity index (χ0) is 14.5. The molecule has 1 atom stereocenters. The third-order valence-corrected chi connectivity index (χ3v) is 4.11.